The number of aromatic nitrogens is 4. The lowest BCUT2D eigenvalue weighted by Gasteiger charge is -2.28. The number of benzene rings is 1. The minimum atomic E-state index is -0.976. The standard InChI is InChI=1S/C22H28N4O3S/c1-4-22(2,3)21-24-18-11-17(30-26-14-16(12-23-26)20(27)28)5-6-19(18)25(21)13-15-7-9-29-10-8-15/h5-6,11-12,14-15H,4,7-10,13H2,1-3H3,(H,27,28). The number of hydrogen-bond acceptors (Lipinski definition) is 5. The number of carboxylic acids is 1. The first-order valence-electron chi connectivity index (χ1n) is 10.4. The molecule has 8 heteroatoms. The summed E-state index contributed by atoms with van der Waals surface area (Å²) in [4.78, 5) is 17.1. The van der Waals surface area contributed by atoms with Crippen molar-refractivity contribution >= 4 is 29.0 Å². The number of carbonyl (C=O) groups is 1. The lowest BCUT2D eigenvalue weighted by atomic mass is 9.89. The zero-order chi connectivity index (χ0) is 21.3. The van der Waals surface area contributed by atoms with E-state index in [9.17, 15) is 4.79 Å². The average molecular weight is 429 g/mol. The summed E-state index contributed by atoms with van der Waals surface area (Å²) >= 11 is 1.38. The maximum atomic E-state index is 11.1. The minimum Gasteiger partial charge on any atom is -0.478 e. The third-order valence-electron chi connectivity index (χ3n) is 6.00. The normalized spacial score (nSPS) is 15.7. The molecular weight excluding hydrogens is 400 g/mol. The van der Waals surface area contributed by atoms with Crippen LogP contribution in [0.25, 0.3) is 11.0 Å². The van der Waals surface area contributed by atoms with Gasteiger partial charge in [0.05, 0.1) is 29.0 Å². The second-order valence-corrected chi connectivity index (χ2v) is 9.55. The Morgan fingerprint density at radius 1 is 1.33 bits per heavy atom. The van der Waals surface area contributed by atoms with Crippen LogP contribution in [0.3, 0.4) is 0 Å². The first kappa shape index (κ1) is 20.9. The summed E-state index contributed by atoms with van der Waals surface area (Å²) in [6.45, 7) is 9.35. The van der Waals surface area contributed by atoms with Crippen LogP contribution in [0.2, 0.25) is 0 Å². The molecule has 0 bridgehead atoms. The van der Waals surface area contributed by atoms with Gasteiger partial charge in [0.15, 0.2) is 0 Å². The van der Waals surface area contributed by atoms with Crippen molar-refractivity contribution in [3.8, 4) is 0 Å². The summed E-state index contributed by atoms with van der Waals surface area (Å²) < 4.78 is 9.51. The van der Waals surface area contributed by atoms with Gasteiger partial charge in [0.1, 0.15) is 5.82 Å². The molecule has 7 nitrogen and oxygen atoms in total. The van der Waals surface area contributed by atoms with Crippen LogP contribution in [0, 0.1) is 5.92 Å². The van der Waals surface area contributed by atoms with Gasteiger partial charge in [-0.3, -0.25) is 0 Å². The third-order valence-corrected chi connectivity index (χ3v) is 6.85. The fourth-order valence-corrected chi connectivity index (χ4v) is 4.56. The SMILES string of the molecule is CCC(C)(C)c1nc2cc(Sn3cc(C(=O)O)cn3)ccc2n1CC1CCOCC1. The molecule has 30 heavy (non-hydrogen) atoms. The molecule has 0 saturated carbocycles. The molecule has 3 aromatic rings. The zero-order valence-electron chi connectivity index (χ0n) is 17.7. The molecular formula is C22H28N4O3S. The second kappa shape index (κ2) is 8.43. The molecule has 3 heterocycles. The molecule has 0 amide bonds. The summed E-state index contributed by atoms with van der Waals surface area (Å²) in [5.74, 6) is 0.756. The van der Waals surface area contributed by atoms with Gasteiger partial charge in [-0.25, -0.2) is 13.9 Å². The van der Waals surface area contributed by atoms with E-state index in [-0.39, 0.29) is 11.0 Å². The highest BCUT2D eigenvalue weighted by molar-refractivity contribution is 7.97. The number of ether oxygens (including phenoxy) is 1. The van der Waals surface area contributed by atoms with E-state index in [2.05, 4.69) is 48.6 Å². The third kappa shape index (κ3) is 4.25. The summed E-state index contributed by atoms with van der Waals surface area (Å²) in [6.07, 6.45) is 6.07. The van der Waals surface area contributed by atoms with E-state index in [1.807, 2.05) is 0 Å². The van der Waals surface area contributed by atoms with Gasteiger partial charge in [-0.1, -0.05) is 20.8 Å². The summed E-state index contributed by atoms with van der Waals surface area (Å²) in [5.41, 5.74) is 2.27. The van der Waals surface area contributed by atoms with Crippen molar-refractivity contribution in [3.63, 3.8) is 0 Å². The number of aromatic carboxylic acids is 1. The van der Waals surface area contributed by atoms with Gasteiger partial charge in [-0.15, -0.1) is 0 Å². The van der Waals surface area contributed by atoms with Crippen LogP contribution in [-0.4, -0.2) is 43.0 Å². The van der Waals surface area contributed by atoms with E-state index in [4.69, 9.17) is 14.8 Å². The van der Waals surface area contributed by atoms with Crippen molar-refractivity contribution in [2.24, 2.45) is 5.92 Å². The molecule has 0 spiro atoms. The first-order chi connectivity index (χ1) is 14.4. The average Bonchev–Trinajstić information content (AvgIpc) is 3.34. The monoisotopic (exact) mass is 428 g/mol. The number of hydrogen-bond donors (Lipinski definition) is 1. The molecule has 160 valence electrons. The first-order valence-corrected chi connectivity index (χ1v) is 11.2. The summed E-state index contributed by atoms with van der Waals surface area (Å²) in [7, 11) is 0. The zero-order valence-corrected chi connectivity index (χ0v) is 18.5. The van der Waals surface area contributed by atoms with Crippen molar-refractivity contribution < 1.29 is 14.6 Å². The van der Waals surface area contributed by atoms with Gasteiger partial charge < -0.3 is 14.4 Å². The maximum absolute atomic E-state index is 11.1. The van der Waals surface area contributed by atoms with Crippen LogP contribution in [0.15, 0.2) is 35.5 Å². The summed E-state index contributed by atoms with van der Waals surface area (Å²) in [5, 5.41) is 13.2. The van der Waals surface area contributed by atoms with Crippen molar-refractivity contribution in [1.29, 1.82) is 0 Å². The lowest BCUT2D eigenvalue weighted by molar-refractivity contribution is 0.0610. The van der Waals surface area contributed by atoms with Crippen LogP contribution >= 0.6 is 11.9 Å². The summed E-state index contributed by atoms with van der Waals surface area (Å²) in [6, 6.07) is 6.25. The van der Waals surface area contributed by atoms with Gasteiger partial charge in [-0.05, 0) is 43.4 Å². The predicted molar refractivity (Wildman–Crippen MR) is 117 cm³/mol. The van der Waals surface area contributed by atoms with E-state index in [0.717, 1.165) is 60.8 Å². The van der Waals surface area contributed by atoms with Crippen molar-refractivity contribution in [1.82, 2.24) is 18.7 Å². The van der Waals surface area contributed by atoms with E-state index < -0.39 is 5.97 Å². The van der Waals surface area contributed by atoms with E-state index in [0.29, 0.717) is 5.92 Å². The van der Waals surface area contributed by atoms with Crippen LogP contribution in [0.4, 0.5) is 0 Å². The Balaban J connectivity index is 1.68. The smallest absolute Gasteiger partial charge is 0.338 e. The Labute approximate surface area is 180 Å². The molecule has 0 aliphatic carbocycles. The van der Waals surface area contributed by atoms with E-state index in [1.165, 1.54) is 24.3 Å². The van der Waals surface area contributed by atoms with Crippen molar-refractivity contribution in [2.45, 2.75) is 56.9 Å². The van der Waals surface area contributed by atoms with Gasteiger partial charge in [0.2, 0.25) is 0 Å². The Kier molecular flexibility index (Phi) is 5.88. The molecule has 0 atom stereocenters. The molecule has 1 aliphatic rings. The van der Waals surface area contributed by atoms with Crippen LogP contribution in [0.5, 0.6) is 0 Å². The van der Waals surface area contributed by atoms with Crippen LogP contribution < -0.4 is 0 Å². The van der Waals surface area contributed by atoms with Gasteiger partial charge in [0, 0.05) is 42.0 Å². The van der Waals surface area contributed by atoms with Gasteiger partial charge in [-0.2, -0.15) is 5.10 Å². The molecule has 1 fully saturated rings. The molecule has 1 N–H and O–H groups in total. The number of nitrogens with zero attached hydrogens (tertiary/aromatic N) is 4. The highest BCUT2D eigenvalue weighted by atomic mass is 32.2. The largest absolute Gasteiger partial charge is 0.478 e. The number of fused-ring (bicyclic) bond motifs is 1. The van der Waals surface area contributed by atoms with Crippen LogP contribution in [-0.2, 0) is 16.7 Å². The Bertz CT molecular complexity index is 1050. The second-order valence-electron chi connectivity index (χ2n) is 8.52. The molecule has 1 aromatic carbocycles. The number of carboxylic acid groups (broad SMARTS) is 1. The number of imidazole rings is 1. The minimum absolute atomic E-state index is 0.0180. The Hall–Kier alpha value is -2.32. The molecule has 0 radical (unpaired) electrons. The molecule has 2 aromatic heterocycles. The Morgan fingerprint density at radius 3 is 2.77 bits per heavy atom. The fraction of sp³-hybridized carbons (Fsp3) is 0.500. The maximum Gasteiger partial charge on any atom is 0.338 e. The van der Waals surface area contributed by atoms with E-state index >= 15 is 0 Å². The lowest BCUT2D eigenvalue weighted by Crippen LogP contribution is -2.26. The predicted octanol–water partition coefficient (Wildman–Crippen LogP) is 4.60. The van der Waals surface area contributed by atoms with Gasteiger partial charge >= 0.3 is 5.97 Å². The quantitative estimate of drug-likeness (QED) is 0.592. The molecule has 0 unspecified atom stereocenters. The van der Waals surface area contributed by atoms with Crippen LogP contribution in [0.1, 0.15) is 56.2 Å². The fourth-order valence-electron chi connectivity index (χ4n) is 3.79. The van der Waals surface area contributed by atoms with Crippen molar-refractivity contribution in [2.75, 3.05) is 13.2 Å². The molecule has 1 saturated heterocycles. The molecule has 4 rings (SSSR count). The van der Waals surface area contributed by atoms with E-state index in [1.54, 1.807) is 4.09 Å². The topological polar surface area (TPSA) is 82.2 Å². The number of rotatable bonds is 7. The van der Waals surface area contributed by atoms with Crippen molar-refractivity contribution in [3.05, 3.63) is 42.0 Å². The van der Waals surface area contributed by atoms with Gasteiger partial charge in [0.25, 0.3) is 0 Å². The highest BCUT2D eigenvalue weighted by Gasteiger charge is 2.28. The Morgan fingerprint density at radius 2 is 2.10 bits per heavy atom. The molecule has 1 aliphatic heterocycles. The highest BCUT2D eigenvalue weighted by Crippen LogP contribution is 2.33.